The van der Waals surface area contributed by atoms with Gasteiger partial charge in [0, 0.05) is 0 Å². The summed E-state index contributed by atoms with van der Waals surface area (Å²) in [5.74, 6) is -1.01. The molecule has 0 saturated carbocycles. The summed E-state index contributed by atoms with van der Waals surface area (Å²) in [6.07, 6.45) is 0. The smallest absolute Gasteiger partial charge is 0.339 e. The first-order valence-corrected chi connectivity index (χ1v) is 4.15. The van der Waals surface area contributed by atoms with Gasteiger partial charge in [-0.15, -0.1) is 0 Å². The molecule has 0 N–H and O–H groups in total. The minimum atomic E-state index is -0.535. The minimum Gasteiger partial charge on any atom is -0.462 e. The average Bonchev–Trinajstić information content (AvgIpc) is 2.04. The van der Waals surface area contributed by atoms with Crippen LogP contribution in [0.1, 0.15) is 17.3 Å². The second-order valence-corrected chi connectivity index (χ2v) is 2.75. The monoisotopic (exact) mass is 202 g/mol. The summed E-state index contributed by atoms with van der Waals surface area (Å²) in [5.41, 5.74) is 0.185. The third kappa shape index (κ3) is 2.42. The Bertz CT molecular complexity index is 325. The van der Waals surface area contributed by atoms with E-state index in [1.807, 2.05) is 0 Å². The molecule has 1 aromatic carbocycles. The maximum Gasteiger partial charge on any atom is 0.339 e. The fourth-order valence-electron chi connectivity index (χ4n) is 0.864. The van der Waals surface area contributed by atoms with Crippen molar-refractivity contribution in [1.29, 1.82) is 0 Å². The summed E-state index contributed by atoms with van der Waals surface area (Å²) < 4.78 is 17.3. The topological polar surface area (TPSA) is 26.3 Å². The van der Waals surface area contributed by atoms with Crippen LogP contribution in [0.2, 0.25) is 5.02 Å². The minimum absolute atomic E-state index is 0.0680. The van der Waals surface area contributed by atoms with Crippen LogP contribution in [0.25, 0.3) is 0 Å². The van der Waals surface area contributed by atoms with Crippen molar-refractivity contribution in [3.05, 3.63) is 34.6 Å². The lowest BCUT2D eigenvalue weighted by atomic mass is 10.2. The van der Waals surface area contributed by atoms with Crippen LogP contribution < -0.4 is 0 Å². The van der Waals surface area contributed by atoms with Crippen molar-refractivity contribution in [2.24, 2.45) is 0 Å². The fourth-order valence-corrected chi connectivity index (χ4v) is 1.11. The van der Waals surface area contributed by atoms with Crippen LogP contribution in [0, 0.1) is 5.82 Å². The molecule has 0 aliphatic heterocycles. The Morgan fingerprint density at radius 1 is 1.62 bits per heavy atom. The van der Waals surface area contributed by atoms with Crippen molar-refractivity contribution in [2.75, 3.05) is 6.61 Å². The molecule has 70 valence electrons. The van der Waals surface area contributed by atoms with Crippen molar-refractivity contribution in [3.8, 4) is 0 Å². The molecule has 0 fully saturated rings. The highest BCUT2D eigenvalue weighted by Crippen LogP contribution is 2.17. The number of carbonyl (C=O) groups excluding carboxylic acids is 1. The maximum atomic E-state index is 12.6. The molecule has 4 heteroatoms. The average molecular weight is 203 g/mol. The van der Waals surface area contributed by atoms with Crippen molar-refractivity contribution in [1.82, 2.24) is 0 Å². The van der Waals surface area contributed by atoms with Gasteiger partial charge in [-0.05, 0) is 25.1 Å². The van der Waals surface area contributed by atoms with Gasteiger partial charge in [0.05, 0.1) is 17.2 Å². The zero-order chi connectivity index (χ0) is 9.84. The molecular weight excluding hydrogens is 195 g/mol. The summed E-state index contributed by atoms with van der Waals surface area (Å²) in [4.78, 5) is 11.1. The van der Waals surface area contributed by atoms with Gasteiger partial charge in [-0.25, -0.2) is 9.18 Å². The van der Waals surface area contributed by atoms with Crippen LogP contribution in [0.3, 0.4) is 0 Å². The summed E-state index contributed by atoms with van der Waals surface area (Å²) in [6, 6.07) is 3.54. The molecule has 13 heavy (non-hydrogen) atoms. The van der Waals surface area contributed by atoms with Gasteiger partial charge in [-0.1, -0.05) is 11.6 Å². The van der Waals surface area contributed by atoms with E-state index in [0.717, 1.165) is 12.1 Å². The van der Waals surface area contributed by atoms with Crippen molar-refractivity contribution >= 4 is 17.6 Å². The van der Waals surface area contributed by atoms with Gasteiger partial charge in [-0.3, -0.25) is 0 Å². The van der Waals surface area contributed by atoms with E-state index >= 15 is 0 Å². The number of halogens is 2. The molecule has 2 nitrogen and oxygen atoms in total. The predicted molar refractivity (Wildman–Crippen MR) is 47.4 cm³/mol. The molecule has 0 aromatic heterocycles. The van der Waals surface area contributed by atoms with E-state index in [1.54, 1.807) is 6.92 Å². The lowest BCUT2D eigenvalue weighted by molar-refractivity contribution is 0.0526. The van der Waals surface area contributed by atoms with Gasteiger partial charge in [0.2, 0.25) is 0 Å². The summed E-state index contributed by atoms with van der Waals surface area (Å²) in [7, 11) is 0. The highest BCUT2D eigenvalue weighted by molar-refractivity contribution is 6.33. The molecule has 1 rings (SSSR count). The zero-order valence-corrected chi connectivity index (χ0v) is 7.77. The van der Waals surface area contributed by atoms with Crippen LogP contribution in [0.4, 0.5) is 4.39 Å². The van der Waals surface area contributed by atoms with Gasteiger partial charge < -0.3 is 4.74 Å². The van der Waals surface area contributed by atoms with Gasteiger partial charge in [0.1, 0.15) is 5.82 Å². The molecule has 1 aromatic rings. The second kappa shape index (κ2) is 4.23. The fraction of sp³-hybridized carbons (Fsp3) is 0.222. The van der Waals surface area contributed by atoms with Crippen LogP contribution >= 0.6 is 11.6 Å². The normalized spacial score (nSPS) is 9.77. The Balaban J connectivity index is 2.95. The molecule has 0 aliphatic carbocycles. The van der Waals surface area contributed by atoms with Gasteiger partial charge >= 0.3 is 5.97 Å². The van der Waals surface area contributed by atoms with Crippen molar-refractivity contribution in [2.45, 2.75) is 6.92 Å². The lowest BCUT2D eigenvalue weighted by Crippen LogP contribution is -2.05. The Kier molecular flexibility index (Phi) is 3.25. The van der Waals surface area contributed by atoms with E-state index in [0.29, 0.717) is 0 Å². The van der Waals surface area contributed by atoms with E-state index in [4.69, 9.17) is 16.3 Å². The van der Waals surface area contributed by atoms with E-state index in [-0.39, 0.29) is 17.2 Å². The Morgan fingerprint density at radius 2 is 2.31 bits per heavy atom. The summed E-state index contributed by atoms with van der Waals surface area (Å²) >= 11 is 5.62. The Labute approximate surface area is 80.3 Å². The predicted octanol–water partition coefficient (Wildman–Crippen LogP) is 2.66. The van der Waals surface area contributed by atoms with Crippen molar-refractivity contribution in [3.63, 3.8) is 0 Å². The molecular formula is C9H8ClFO2. The van der Waals surface area contributed by atoms with Crippen LogP contribution in [0.15, 0.2) is 18.2 Å². The van der Waals surface area contributed by atoms with Crippen molar-refractivity contribution < 1.29 is 13.9 Å². The van der Waals surface area contributed by atoms with Crippen LogP contribution in [-0.2, 0) is 4.74 Å². The van der Waals surface area contributed by atoms with E-state index in [1.165, 1.54) is 6.07 Å². The van der Waals surface area contributed by atoms with Gasteiger partial charge in [-0.2, -0.15) is 0 Å². The quantitative estimate of drug-likeness (QED) is 0.690. The number of hydrogen-bond acceptors (Lipinski definition) is 2. The molecule has 0 aliphatic rings. The molecule has 0 spiro atoms. The summed E-state index contributed by atoms with van der Waals surface area (Å²) in [6.45, 7) is 1.96. The van der Waals surface area contributed by atoms with Gasteiger partial charge in [0.25, 0.3) is 0 Å². The highest BCUT2D eigenvalue weighted by atomic mass is 35.5. The number of carbonyl (C=O) groups is 1. The molecule has 0 saturated heterocycles. The third-order valence-electron chi connectivity index (χ3n) is 1.43. The first-order chi connectivity index (χ1) is 6.15. The van der Waals surface area contributed by atoms with Gasteiger partial charge in [0.15, 0.2) is 0 Å². The molecule has 0 atom stereocenters. The Morgan fingerprint density at radius 3 is 2.85 bits per heavy atom. The first kappa shape index (κ1) is 9.99. The number of esters is 1. The maximum absolute atomic E-state index is 12.6. The molecule has 0 heterocycles. The largest absolute Gasteiger partial charge is 0.462 e. The number of ether oxygens (including phenoxy) is 1. The standard InChI is InChI=1S/C9H8ClFO2/c1-2-13-9(12)7-4-3-6(11)5-8(7)10/h3-5H,2H2,1H3. The zero-order valence-electron chi connectivity index (χ0n) is 7.01. The Hall–Kier alpha value is -1.09. The summed E-state index contributed by atoms with van der Waals surface area (Å²) in [5, 5.41) is 0.0680. The molecule has 0 radical (unpaired) electrons. The van der Waals surface area contributed by atoms with E-state index < -0.39 is 11.8 Å². The number of rotatable bonds is 2. The lowest BCUT2D eigenvalue weighted by Gasteiger charge is -2.02. The molecule has 0 unspecified atom stereocenters. The second-order valence-electron chi connectivity index (χ2n) is 2.34. The molecule has 0 bridgehead atoms. The number of benzene rings is 1. The van der Waals surface area contributed by atoms with Crippen LogP contribution in [-0.4, -0.2) is 12.6 Å². The van der Waals surface area contributed by atoms with E-state index in [9.17, 15) is 9.18 Å². The molecule has 0 amide bonds. The highest BCUT2D eigenvalue weighted by Gasteiger charge is 2.11. The van der Waals surface area contributed by atoms with Crippen LogP contribution in [0.5, 0.6) is 0 Å². The third-order valence-corrected chi connectivity index (χ3v) is 1.74. The van der Waals surface area contributed by atoms with E-state index in [2.05, 4.69) is 0 Å². The first-order valence-electron chi connectivity index (χ1n) is 3.77. The number of hydrogen-bond donors (Lipinski definition) is 0. The SMILES string of the molecule is CCOC(=O)c1ccc(F)cc1Cl.